The molecule has 14 heteroatoms. The van der Waals surface area contributed by atoms with Crippen molar-refractivity contribution in [2.45, 2.75) is 0 Å². The van der Waals surface area contributed by atoms with Gasteiger partial charge in [0.05, 0.1) is 0 Å². The molecule has 0 aromatic carbocycles. The maximum atomic E-state index is 5.21. The Morgan fingerprint density at radius 3 is 1.64 bits per heavy atom. The van der Waals surface area contributed by atoms with Crippen molar-refractivity contribution in [3.8, 4) is 0 Å². The Bertz CT molecular complexity index is 153. The van der Waals surface area contributed by atoms with Crippen LogP contribution in [0, 0.1) is 0 Å². The Morgan fingerprint density at radius 1 is 1.00 bits per heavy atom. The van der Waals surface area contributed by atoms with E-state index in [4.69, 9.17) is 12.1 Å². The van der Waals surface area contributed by atoms with E-state index in [1.807, 2.05) is 6.05 Å². The fourth-order valence-electron chi connectivity index (χ4n) is 2.54. The van der Waals surface area contributed by atoms with Crippen molar-refractivity contribution in [3.63, 3.8) is 0 Å². The van der Waals surface area contributed by atoms with Crippen molar-refractivity contribution in [1.29, 1.82) is 0 Å². The summed E-state index contributed by atoms with van der Waals surface area (Å²) in [7, 11) is 15.1. The number of rotatable bonds is 6. The van der Waals surface area contributed by atoms with Crippen LogP contribution in [0.25, 0.3) is 0 Å². The molecule has 0 fully saturated rings. The summed E-state index contributed by atoms with van der Waals surface area (Å²) in [5, 5.41) is 0. The summed E-state index contributed by atoms with van der Waals surface area (Å²) in [6, 6.07) is 2.01. The third kappa shape index (κ3) is 4.29. The monoisotopic (exact) mass is 188 g/mol. The molecule has 0 N–H and O–H groups in total. The van der Waals surface area contributed by atoms with Crippen LogP contribution in [0.1, 0.15) is 0 Å². The molecule has 0 atom stereocenters. The van der Waals surface area contributed by atoms with E-state index in [-0.39, 0.29) is 0 Å². The molecule has 14 heavy (non-hydrogen) atoms. The predicted octanol–water partition coefficient (Wildman–Crippen LogP) is -7.78. The first-order valence-corrected chi connectivity index (χ1v) is 6.38. The number of hydrogen-bond acceptors (Lipinski definition) is 1. The van der Waals surface area contributed by atoms with Gasteiger partial charge in [-0.15, -0.1) is 0 Å². The molecule has 0 rings (SSSR count). The van der Waals surface area contributed by atoms with Gasteiger partial charge < -0.3 is 0 Å². The van der Waals surface area contributed by atoms with Crippen LogP contribution in [0.2, 0.25) is 0 Å². The van der Waals surface area contributed by atoms with E-state index in [0.29, 0.717) is 6.39 Å². The average Bonchev–Trinajstić information content (AvgIpc) is 2.11. The summed E-state index contributed by atoms with van der Waals surface area (Å²) in [6.07, 6.45) is 3.53. The van der Waals surface area contributed by atoms with E-state index in [1.54, 1.807) is 0 Å². The van der Waals surface area contributed by atoms with Gasteiger partial charge in [-0.05, 0) is 0 Å². The molecule has 0 spiro atoms. The molecule has 0 amide bonds. The van der Waals surface area contributed by atoms with Crippen LogP contribution in [0.3, 0.4) is 0 Å². The normalized spacial score (nSPS) is 8.29. The molecule has 58 valence electrons. The molecule has 0 unspecified atom stereocenters. The molecule has 0 aliphatic rings. The van der Waals surface area contributed by atoms with Crippen molar-refractivity contribution in [2.75, 3.05) is 0 Å². The molecular weight excluding hydrogens is 173 g/mol. The van der Waals surface area contributed by atoms with Crippen molar-refractivity contribution < 1.29 is 0 Å². The molecule has 0 nitrogen and oxygen atoms in total. The van der Waals surface area contributed by atoms with E-state index < -0.39 is 0 Å². The fourth-order valence-corrected chi connectivity index (χ4v) is 2.98. The Morgan fingerprint density at radius 2 is 1.43 bits per heavy atom. The van der Waals surface area contributed by atoms with Gasteiger partial charge in [0, 0.05) is 0 Å². The van der Waals surface area contributed by atoms with Crippen LogP contribution in [0.4, 0.5) is 0 Å². The number of hydrogen-bond donors (Lipinski definition) is 0. The first kappa shape index (κ1) is 15.1. The van der Waals surface area contributed by atoms with E-state index in [1.165, 1.54) is 7.06 Å². The zero-order valence-corrected chi connectivity index (χ0v) is 11.4. The molecule has 0 aliphatic carbocycles. The first-order valence-electron chi connectivity index (χ1n) is 5.90. The van der Waals surface area contributed by atoms with Crippen LogP contribution >= 0.6 is 12.1 Å². The minimum absolute atomic E-state index is 0.606. The van der Waals surface area contributed by atoms with Gasteiger partial charge in [-0.1, -0.05) is 0 Å². The van der Waals surface area contributed by atoms with Gasteiger partial charge in [0.25, 0.3) is 0 Å². The fraction of sp³-hybridized carbons (Fsp3) is 0. The van der Waals surface area contributed by atoms with Crippen molar-refractivity contribution in [2.24, 2.45) is 0 Å². The van der Waals surface area contributed by atoms with Crippen LogP contribution < -0.4 is 0 Å². The second kappa shape index (κ2) is 7.36. The minimum atomic E-state index is 0.606. The first-order chi connectivity index (χ1) is 6.45. The summed E-state index contributed by atoms with van der Waals surface area (Å²) < 4.78 is 0. The van der Waals surface area contributed by atoms with Gasteiger partial charge in [-0.2, -0.15) is 0 Å². The van der Waals surface area contributed by atoms with Crippen LogP contribution in [0.5, 0.6) is 0 Å². The maximum absolute atomic E-state index is 5.21. The van der Waals surface area contributed by atoms with E-state index in [9.17, 15) is 0 Å². The van der Waals surface area contributed by atoms with Gasteiger partial charge in [-0.25, -0.2) is 0 Å². The third-order valence-corrected chi connectivity index (χ3v) is 3.76. The third-order valence-electron chi connectivity index (χ3n) is 3.44. The molecule has 0 heterocycles. The summed E-state index contributed by atoms with van der Waals surface area (Å²) >= 11 is 5.21. The van der Waals surface area contributed by atoms with E-state index in [2.05, 4.69) is 46.4 Å². The average molecular weight is 186 g/mol. The zero-order valence-electron chi connectivity index (χ0n) is 10.6. The van der Waals surface area contributed by atoms with Crippen molar-refractivity contribution in [1.82, 2.24) is 0 Å². The standard InChI is InChI=1S/B13H13S/c1-7-11(6)12(8-14)13(9(2)3)10(4)5/h7H,1-6H2. The van der Waals surface area contributed by atoms with E-state index >= 15 is 0 Å². The van der Waals surface area contributed by atoms with Crippen molar-refractivity contribution in [3.05, 3.63) is 0 Å². The molecule has 0 radical (unpaired) electrons. The second-order valence-corrected chi connectivity index (χ2v) is 5.44. The molecule has 0 saturated heterocycles. The summed E-state index contributed by atoms with van der Waals surface area (Å²) in [5.41, 5.74) is 0. The van der Waals surface area contributed by atoms with Gasteiger partial charge >= 0.3 is 104 Å². The SMILES string of the molecule is BBB(B)B(B=S)B(B(B)B)B(B)B. The van der Waals surface area contributed by atoms with Crippen LogP contribution in [-0.4, -0.2) is 91.5 Å². The van der Waals surface area contributed by atoms with Gasteiger partial charge in [-0.3, -0.25) is 0 Å². The van der Waals surface area contributed by atoms with Gasteiger partial charge in [0.1, 0.15) is 0 Å². The Hall–Kier alpha value is 1.06. The summed E-state index contributed by atoms with van der Waals surface area (Å²) in [6.45, 7) is 0. The van der Waals surface area contributed by atoms with Crippen LogP contribution in [-0.2, 0) is 0 Å². The van der Waals surface area contributed by atoms with Gasteiger partial charge in [0.15, 0.2) is 0 Å². The molecule has 0 bridgehead atoms. The molecule has 0 aromatic heterocycles. The summed E-state index contributed by atoms with van der Waals surface area (Å²) in [4.78, 5) is 0. The Labute approximate surface area is 103 Å². The van der Waals surface area contributed by atoms with Crippen molar-refractivity contribution >= 4 is 104 Å². The molecule has 0 saturated carbocycles. The zero-order chi connectivity index (χ0) is 11.3. The predicted molar refractivity (Wildman–Crippen MR) is 101 cm³/mol. The molecule has 0 aromatic rings. The summed E-state index contributed by atoms with van der Waals surface area (Å²) in [5.74, 6) is 0. The van der Waals surface area contributed by atoms with Gasteiger partial charge in [0.2, 0.25) is 0 Å². The van der Waals surface area contributed by atoms with E-state index in [0.717, 1.165) is 25.5 Å². The van der Waals surface area contributed by atoms with Crippen LogP contribution in [0.15, 0.2) is 0 Å². The second-order valence-electron chi connectivity index (χ2n) is 5.16. The molecule has 0 aliphatic heterocycles. The Kier molecular flexibility index (Phi) is 7.92. The molecular formula is H13B13S. The quantitative estimate of drug-likeness (QED) is 0.371. The topological polar surface area (TPSA) is 0 Å². The Balaban J connectivity index is 4.66.